The lowest BCUT2D eigenvalue weighted by molar-refractivity contribution is 0.194. The van der Waals surface area contributed by atoms with Gasteiger partial charge in [0.05, 0.1) is 0 Å². The molecule has 1 aromatic rings. The van der Waals surface area contributed by atoms with Gasteiger partial charge in [0, 0.05) is 24.8 Å². The summed E-state index contributed by atoms with van der Waals surface area (Å²) in [5.74, 6) is 0.119. The van der Waals surface area contributed by atoms with E-state index in [4.69, 9.17) is 0 Å². The maximum absolute atomic E-state index is 12.4. The van der Waals surface area contributed by atoms with Crippen LogP contribution in [0.5, 0.6) is 0 Å². The first-order valence-corrected chi connectivity index (χ1v) is 7.12. The molecule has 1 rings (SSSR count). The van der Waals surface area contributed by atoms with Crippen molar-refractivity contribution in [2.75, 3.05) is 13.1 Å². The topological polar surface area (TPSA) is 58.1 Å². The molecule has 5 heteroatoms. The van der Waals surface area contributed by atoms with Gasteiger partial charge in [-0.3, -0.25) is 9.89 Å². The van der Waals surface area contributed by atoms with Crippen LogP contribution < -0.4 is 5.56 Å². The molecule has 0 aliphatic rings. The zero-order chi connectivity index (χ0) is 14.4. The highest BCUT2D eigenvalue weighted by atomic mass is 16.2. The third-order valence-corrected chi connectivity index (χ3v) is 3.16. The van der Waals surface area contributed by atoms with E-state index in [1.54, 1.807) is 11.1 Å². The van der Waals surface area contributed by atoms with Gasteiger partial charge in [-0.2, -0.15) is 4.68 Å². The van der Waals surface area contributed by atoms with Crippen LogP contribution in [0.15, 0.2) is 11.0 Å². The van der Waals surface area contributed by atoms with Crippen LogP contribution >= 0.6 is 0 Å². The van der Waals surface area contributed by atoms with Gasteiger partial charge < -0.3 is 4.90 Å². The van der Waals surface area contributed by atoms with Crippen LogP contribution in [0, 0.1) is 0 Å². The van der Waals surface area contributed by atoms with Crippen LogP contribution in [0.2, 0.25) is 0 Å². The summed E-state index contributed by atoms with van der Waals surface area (Å²) in [7, 11) is 0. The summed E-state index contributed by atoms with van der Waals surface area (Å²) in [6, 6.07) is -0.243. The summed E-state index contributed by atoms with van der Waals surface area (Å²) in [5, 5.41) is 2.78. The molecule has 0 bridgehead atoms. The summed E-state index contributed by atoms with van der Waals surface area (Å²) in [4.78, 5) is 26.2. The lowest BCUT2D eigenvalue weighted by atomic mass is 10.1. The number of aromatic nitrogens is 2. The fraction of sp³-hybridized carbons (Fsp3) is 0.714. The van der Waals surface area contributed by atoms with Crippen molar-refractivity contribution in [3.05, 3.63) is 22.1 Å². The Balaban J connectivity index is 2.93. The van der Waals surface area contributed by atoms with Crippen molar-refractivity contribution in [2.45, 2.75) is 52.9 Å². The van der Waals surface area contributed by atoms with Crippen LogP contribution in [0.4, 0.5) is 4.79 Å². The van der Waals surface area contributed by atoms with Crippen molar-refractivity contribution in [1.29, 1.82) is 0 Å². The number of carbonyl (C=O) groups excluding carboxylic acids is 1. The number of rotatable bonds is 6. The van der Waals surface area contributed by atoms with Crippen LogP contribution in [0.25, 0.3) is 0 Å². The number of aromatic amines is 1. The van der Waals surface area contributed by atoms with Gasteiger partial charge in [0.2, 0.25) is 0 Å². The summed E-state index contributed by atoms with van der Waals surface area (Å²) >= 11 is 0. The highest BCUT2D eigenvalue weighted by molar-refractivity contribution is 5.76. The third kappa shape index (κ3) is 3.72. The van der Waals surface area contributed by atoms with Gasteiger partial charge >= 0.3 is 6.03 Å². The molecule has 0 atom stereocenters. The first-order chi connectivity index (χ1) is 9.02. The largest absolute Gasteiger partial charge is 0.346 e. The molecule has 1 aromatic heterocycles. The van der Waals surface area contributed by atoms with E-state index in [-0.39, 0.29) is 17.5 Å². The molecule has 0 spiro atoms. The standard InChI is InChI=1S/C14H25N3O2/c1-5-7-9-16(8-6-2)14(19)17-13(18)12(10-15-17)11(3)4/h10-11,15H,5-9H2,1-4H3. The zero-order valence-electron chi connectivity index (χ0n) is 12.4. The predicted octanol–water partition coefficient (Wildman–Crippen LogP) is 2.78. The SMILES string of the molecule is CCCCN(CCC)C(=O)n1[nH]cc(C(C)C)c1=O. The smallest absolute Gasteiger partial charge is 0.323 e. The van der Waals surface area contributed by atoms with Crippen LogP contribution in [0.3, 0.4) is 0 Å². The molecular weight excluding hydrogens is 242 g/mol. The number of H-pyrrole nitrogens is 1. The molecule has 0 saturated carbocycles. The van der Waals surface area contributed by atoms with Gasteiger partial charge in [0.25, 0.3) is 5.56 Å². The van der Waals surface area contributed by atoms with E-state index in [2.05, 4.69) is 12.0 Å². The Morgan fingerprint density at radius 3 is 2.47 bits per heavy atom. The van der Waals surface area contributed by atoms with E-state index < -0.39 is 0 Å². The second-order valence-corrected chi connectivity index (χ2v) is 5.15. The second kappa shape index (κ2) is 7.16. The quantitative estimate of drug-likeness (QED) is 0.861. The van der Waals surface area contributed by atoms with Gasteiger partial charge in [-0.25, -0.2) is 4.79 Å². The molecule has 0 aliphatic carbocycles. The van der Waals surface area contributed by atoms with Crippen LogP contribution in [-0.4, -0.2) is 33.8 Å². The Morgan fingerprint density at radius 1 is 1.32 bits per heavy atom. The van der Waals surface area contributed by atoms with E-state index >= 15 is 0 Å². The van der Waals surface area contributed by atoms with E-state index in [1.165, 1.54) is 0 Å². The van der Waals surface area contributed by atoms with Crippen LogP contribution in [0.1, 0.15) is 58.4 Å². The van der Waals surface area contributed by atoms with Gasteiger partial charge in [0.1, 0.15) is 0 Å². The number of carbonyl (C=O) groups is 1. The minimum Gasteiger partial charge on any atom is -0.323 e. The van der Waals surface area contributed by atoms with Gasteiger partial charge in [-0.15, -0.1) is 0 Å². The molecule has 108 valence electrons. The maximum atomic E-state index is 12.4. The Kier molecular flexibility index (Phi) is 5.86. The van der Waals surface area contributed by atoms with E-state index in [9.17, 15) is 9.59 Å². The van der Waals surface area contributed by atoms with Gasteiger partial charge in [-0.05, 0) is 18.8 Å². The number of unbranched alkanes of at least 4 members (excludes halogenated alkanes) is 1. The van der Waals surface area contributed by atoms with Crippen molar-refractivity contribution < 1.29 is 4.79 Å². The molecule has 1 N–H and O–H groups in total. The number of nitrogens with one attached hydrogen (secondary N) is 1. The van der Waals surface area contributed by atoms with E-state index in [1.807, 2.05) is 20.8 Å². The fourth-order valence-corrected chi connectivity index (χ4v) is 2.00. The Hall–Kier alpha value is -1.52. The van der Waals surface area contributed by atoms with Gasteiger partial charge in [-0.1, -0.05) is 34.1 Å². The average molecular weight is 267 g/mol. The number of nitrogens with zero attached hydrogens (tertiary/aromatic N) is 2. The summed E-state index contributed by atoms with van der Waals surface area (Å²) < 4.78 is 1.13. The Morgan fingerprint density at radius 2 is 2.00 bits per heavy atom. The van der Waals surface area contributed by atoms with Crippen LogP contribution in [-0.2, 0) is 0 Å². The molecule has 0 unspecified atom stereocenters. The Bertz CT molecular complexity index is 460. The first-order valence-electron chi connectivity index (χ1n) is 7.12. The number of amides is 1. The molecule has 0 aliphatic heterocycles. The number of hydrogen-bond donors (Lipinski definition) is 1. The second-order valence-electron chi connectivity index (χ2n) is 5.15. The van der Waals surface area contributed by atoms with E-state index in [0.717, 1.165) is 23.9 Å². The highest BCUT2D eigenvalue weighted by Gasteiger charge is 2.19. The summed E-state index contributed by atoms with van der Waals surface area (Å²) in [6.07, 6.45) is 4.51. The molecule has 5 nitrogen and oxygen atoms in total. The number of hydrogen-bond acceptors (Lipinski definition) is 2. The van der Waals surface area contributed by atoms with E-state index in [0.29, 0.717) is 18.7 Å². The molecule has 1 heterocycles. The molecule has 19 heavy (non-hydrogen) atoms. The monoisotopic (exact) mass is 267 g/mol. The molecule has 0 fully saturated rings. The maximum Gasteiger partial charge on any atom is 0.346 e. The van der Waals surface area contributed by atoms with Gasteiger partial charge in [0.15, 0.2) is 0 Å². The third-order valence-electron chi connectivity index (χ3n) is 3.16. The minimum atomic E-state index is -0.243. The fourth-order valence-electron chi connectivity index (χ4n) is 2.00. The molecule has 0 saturated heterocycles. The highest BCUT2D eigenvalue weighted by Crippen LogP contribution is 2.08. The predicted molar refractivity (Wildman–Crippen MR) is 76.7 cm³/mol. The minimum absolute atomic E-state index is 0.119. The molecule has 0 aromatic carbocycles. The van der Waals surface area contributed by atoms with Crippen molar-refractivity contribution in [3.63, 3.8) is 0 Å². The Labute approximate surface area is 114 Å². The van der Waals surface area contributed by atoms with Crippen molar-refractivity contribution in [3.8, 4) is 0 Å². The van der Waals surface area contributed by atoms with Crippen molar-refractivity contribution in [1.82, 2.24) is 14.7 Å². The summed E-state index contributed by atoms with van der Waals surface area (Å²) in [5.41, 5.74) is 0.429. The summed E-state index contributed by atoms with van der Waals surface area (Å²) in [6.45, 7) is 9.39. The molecule has 1 amide bonds. The molecule has 0 radical (unpaired) electrons. The lowest BCUT2D eigenvalue weighted by Crippen LogP contribution is -2.41. The first kappa shape index (κ1) is 15.5. The van der Waals surface area contributed by atoms with Crippen molar-refractivity contribution >= 4 is 6.03 Å². The molecular formula is C14H25N3O2. The normalized spacial score (nSPS) is 11.0. The average Bonchev–Trinajstić information content (AvgIpc) is 2.75. The lowest BCUT2D eigenvalue weighted by Gasteiger charge is -2.21. The zero-order valence-corrected chi connectivity index (χ0v) is 12.4. The van der Waals surface area contributed by atoms with Crippen molar-refractivity contribution in [2.24, 2.45) is 0 Å².